The molecule has 0 heterocycles. The molecule has 0 aliphatic heterocycles. The fraction of sp³-hybridized carbons (Fsp3) is 0.229. The summed E-state index contributed by atoms with van der Waals surface area (Å²) in [4.78, 5) is 23.5. The van der Waals surface area contributed by atoms with Crippen LogP contribution in [0.3, 0.4) is 0 Å². The second kappa shape index (κ2) is 10.9. The van der Waals surface area contributed by atoms with Gasteiger partial charge in [-0.1, -0.05) is 76.2 Å². The van der Waals surface area contributed by atoms with Crippen molar-refractivity contribution in [2.75, 3.05) is 0 Å². The van der Waals surface area contributed by atoms with Gasteiger partial charge in [0.05, 0.1) is 10.5 Å². The largest absolute Gasteiger partial charge is 0.478 e. The van der Waals surface area contributed by atoms with E-state index in [0.717, 1.165) is 24.0 Å². The zero-order chi connectivity index (χ0) is 30.2. The normalized spacial score (nSPS) is 15.3. The van der Waals surface area contributed by atoms with E-state index < -0.39 is 10.9 Å². The van der Waals surface area contributed by atoms with Crippen LogP contribution in [0.4, 0.5) is 10.1 Å². The molecular formula is C35H32FNO5. The first-order valence-corrected chi connectivity index (χ1v) is 13.8. The molecule has 214 valence electrons. The highest BCUT2D eigenvalue weighted by Crippen LogP contribution is 2.50. The van der Waals surface area contributed by atoms with E-state index in [4.69, 9.17) is 4.74 Å². The predicted octanol–water partition coefficient (Wildman–Crippen LogP) is 9.41. The maximum Gasteiger partial charge on any atom is 0.336 e. The van der Waals surface area contributed by atoms with Crippen molar-refractivity contribution in [3.05, 3.63) is 123 Å². The molecule has 4 aromatic carbocycles. The third kappa shape index (κ3) is 5.68. The average Bonchev–Trinajstić information content (AvgIpc) is 2.95. The number of nitro groups is 1. The molecule has 0 spiro atoms. The lowest BCUT2D eigenvalue weighted by Gasteiger charge is -2.42. The number of hydrogen-bond acceptors (Lipinski definition) is 4. The number of nitro benzene ring substituents is 1. The maximum atomic E-state index is 13.4. The van der Waals surface area contributed by atoms with Gasteiger partial charge >= 0.3 is 11.7 Å². The number of carboxylic acid groups (broad SMARTS) is 1. The van der Waals surface area contributed by atoms with Gasteiger partial charge in [-0.3, -0.25) is 10.1 Å². The molecule has 0 aromatic heterocycles. The minimum atomic E-state index is -1.10. The SMILES string of the molecule is CC1(C)CCC(C)(C)c2c(Oc3ccc(/C=C/c4cc(-c5ccc(F)cc5)ccc4C(=O)O)cc3[N+](=O)[O-])cccc21. The van der Waals surface area contributed by atoms with Crippen molar-refractivity contribution < 1.29 is 24.0 Å². The Balaban J connectivity index is 1.50. The van der Waals surface area contributed by atoms with Crippen LogP contribution in [0.25, 0.3) is 23.3 Å². The Morgan fingerprint density at radius 3 is 2.26 bits per heavy atom. The maximum absolute atomic E-state index is 13.4. The second-order valence-electron chi connectivity index (χ2n) is 12.0. The third-order valence-corrected chi connectivity index (χ3v) is 8.12. The van der Waals surface area contributed by atoms with Gasteiger partial charge in [-0.2, -0.15) is 0 Å². The quantitative estimate of drug-likeness (QED) is 0.137. The van der Waals surface area contributed by atoms with Crippen LogP contribution in [-0.2, 0) is 10.8 Å². The van der Waals surface area contributed by atoms with E-state index >= 15 is 0 Å². The first-order valence-electron chi connectivity index (χ1n) is 13.8. The van der Waals surface area contributed by atoms with E-state index in [1.165, 1.54) is 29.8 Å². The van der Waals surface area contributed by atoms with Gasteiger partial charge in [0.2, 0.25) is 5.75 Å². The molecule has 1 N–H and O–H groups in total. The monoisotopic (exact) mass is 565 g/mol. The number of carboxylic acids is 1. The van der Waals surface area contributed by atoms with Gasteiger partial charge in [0.1, 0.15) is 11.6 Å². The Bertz CT molecular complexity index is 1720. The Kier molecular flexibility index (Phi) is 7.45. The van der Waals surface area contributed by atoms with Gasteiger partial charge in [-0.15, -0.1) is 0 Å². The van der Waals surface area contributed by atoms with E-state index in [1.807, 2.05) is 12.1 Å². The average molecular weight is 566 g/mol. The summed E-state index contributed by atoms with van der Waals surface area (Å²) in [6.45, 7) is 8.76. The van der Waals surface area contributed by atoms with Crippen LogP contribution in [0.2, 0.25) is 0 Å². The number of aromatic carboxylic acids is 1. The molecule has 5 rings (SSSR count). The summed E-state index contributed by atoms with van der Waals surface area (Å²) >= 11 is 0. The van der Waals surface area contributed by atoms with Crippen LogP contribution in [-0.4, -0.2) is 16.0 Å². The Morgan fingerprint density at radius 2 is 1.57 bits per heavy atom. The molecule has 7 heteroatoms. The predicted molar refractivity (Wildman–Crippen MR) is 163 cm³/mol. The minimum absolute atomic E-state index is 0.0341. The Hall–Kier alpha value is -4.78. The van der Waals surface area contributed by atoms with E-state index in [-0.39, 0.29) is 33.6 Å². The standard InChI is InChI=1S/C35H32FNO5/c1-34(2)18-19-35(3,4)32-28(34)6-5-7-31(32)42-30-17-9-22(20-29(30)37(40)41)8-10-25-21-24(13-16-27(25)33(38)39)23-11-14-26(36)15-12-23/h5-17,20-21H,18-19H2,1-4H3,(H,38,39)/b10-8+. The van der Waals surface area contributed by atoms with E-state index in [1.54, 1.807) is 48.6 Å². The summed E-state index contributed by atoms with van der Waals surface area (Å²) in [6.07, 6.45) is 5.24. The molecule has 0 bridgehead atoms. The molecule has 0 atom stereocenters. The highest BCUT2D eigenvalue weighted by molar-refractivity contribution is 5.94. The summed E-state index contributed by atoms with van der Waals surface area (Å²) in [5, 5.41) is 21.8. The van der Waals surface area contributed by atoms with Crippen LogP contribution in [0.15, 0.2) is 78.9 Å². The van der Waals surface area contributed by atoms with E-state index in [2.05, 4.69) is 33.8 Å². The minimum Gasteiger partial charge on any atom is -0.478 e. The van der Waals surface area contributed by atoms with Crippen molar-refractivity contribution in [3.8, 4) is 22.6 Å². The van der Waals surface area contributed by atoms with Gasteiger partial charge in [-0.05, 0) is 87.9 Å². The van der Waals surface area contributed by atoms with Crippen molar-refractivity contribution in [2.24, 2.45) is 0 Å². The van der Waals surface area contributed by atoms with Crippen molar-refractivity contribution in [1.29, 1.82) is 0 Å². The number of rotatable bonds is 7. The zero-order valence-corrected chi connectivity index (χ0v) is 24.0. The molecule has 0 saturated carbocycles. The van der Waals surface area contributed by atoms with Gasteiger partial charge in [0, 0.05) is 11.6 Å². The molecule has 0 unspecified atom stereocenters. The Morgan fingerprint density at radius 1 is 0.881 bits per heavy atom. The van der Waals surface area contributed by atoms with Gasteiger partial charge in [-0.25, -0.2) is 9.18 Å². The lowest BCUT2D eigenvalue weighted by Crippen LogP contribution is -2.34. The highest BCUT2D eigenvalue weighted by Gasteiger charge is 2.39. The van der Waals surface area contributed by atoms with Gasteiger partial charge in [0.25, 0.3) is 0 Å². The summed E-state index contributed by atoms with van der Waals surface area (Å²) in [6, 6.07) is 21.4. The number of ether oxygens (including phenoxy) is 1. The van der Waals surface area contributed by atoms with Crippen LogP contribution < -0.4 is 4.74 Å². The summed E-state index contributed by atoms with van der Waals surface area (Å²) in [5.74, 6) is -0.725. The summed E-state index contributed by atoms with van der Waals surface area (Å²) in [7, 11) is 0. The van der Waals surface area contributed by atoms with Crippen LogP contribution in [0, 0.1) is 15.9 Å². The van der Waals surface area contributed by atoms with Crippen LogP contribution >= 0.6 is 0 Å². The van der Waals surface area contributed by atoms with Gasteiger partial charge < -0.3 is 9.84 Å². The lowest BCUT2D eigenvalue weighted by atomic mass is 9.63. The molecule has 1 aliphatic carbocycles. The highest BCUT2D eigenvalue weighted by atomic mass is 19.1. The van der Waals surface area contributed by atoms with Gasteiger partial charge in [0.15, 0.2) is 0 Å². The van der Waals surface area contributed by atoms with Crippen molar-refractivity contribution >= 4 is 23.8 Å². The summed E-state index contributed by atoms with van der Waals surface area (Å²) in [5.41, 5.74) is 4.32. The van der Waals surface area contributed by atoms with E-state index in [0.29, 0.717) is 22.4 Å². The van der Waals surface area contributed by atoms with Crippen molar-refractivity contribution in [2.45, 2.75) is 51.4 Å². The smallest absolute Gasteiger partial charge is 0.336 e. The molecule has 0 radical (unpaired) electrons. The Labute approximate surface area is 244 Å². The molecular weight excluding hydrogens is 533 g/mol. The first-order chi connectivity index (χ1) is 19.9. The fourth-order valence-electron chi connectivity index (χ4n) is 5.65. The third-order valence-electron chi connectivity index (χ3n) is 8.12. The number of carbonyl (C=O) groups is 1. The first kappa shape index (κ1) is 28.7. The topological polar surface area (TPSA) is 89.7 Å². The lowest BCUT2D eigenvalue weighted by molar-refractivity contribution is -0.385. The van der Waals surface area contributed by atoms with Crippen molar-refractivity contribution in [3.63, 3.8) is 0 Å². The number of nitrogens with zero attached hydrogens (tertiary/aromatic N) is 1. The van der Waals surface area contributed by atoms with Crippen molar-refractivity contribution in [1.82, 2.24) is 0 Å². The van der Waals surface area contributed by atoms with Crippen LogP contribution in [0.5, 0.6) is 11.5 Å². The molecule has 6 nitrogen and oxygen atoms in total. The number of benzene rings is 4. The molecule has 1 aliphatic rings. The second-order valence-corrected chi connectivity index (χ2v) is 12.0. The molecule has 42 heavy (non-hydrogen) atoms. The number of halogens is 1. The number of fused-ring (bicyclic) bond motifs is 1. The molecule has 0 amide bonds. The fourth-order valence-corrected chi connectivity index (χ4v) is 5.65. The zero-order valence-electron chi connectivity index (χ0n) is 24.0. The molecule has 4 aromatic rings. The van der Waals surface area contributed by atoms with E-state index in [9.17, 15) is 24.4 Å². The molecule has 0 saturated heterocycles. The number of hydrogen-bond donors (Lipinski definition) is 1. The van der Waals surface area contributed by atoms with Crippen LogP contribution in [0.1, 0.15) is 73.1 Å². The summed E-state index contributed by atoms with van der Waals surface area (Å²) < 4.78 is 19.7. The molecule has 0 fully saturated rings.